The molecule has 0 unspecified atom stereocenters. The molecule has 0 fully saturated rings. The topological polar surface area (TPSA) is 83.9 Å². The number of carbonyl (C=O) groups excluding carboxylic acids is 3. The number of benzene rings is 3. The van der Waals surface area contributed by atoms with Crippen LogP contribution in [0, 0.1) is 0 Å². The highest BCUT2D eigenvalue weighted by molar-refractivity contribution is 6.21. The molecule has 1 aliphatic heterocycles. The Kier molecular flexibility index (Phi) is 4.63. The zero-order valence-electron chi connectivity index (χ0n) is 14.9. The van der Waals surface area contributed by atoms with Gasteiger partial charge in [-0.25, -0.2) is 4.79 Å². The van der Waals surface area contributed by atoms with E-state index in [0.29, 0.717) is 16.7 Å². The molecule has 0 spiro atoms. The third kappa shape index (κ3) is 3.25. The number of hydrogen-bond donors (Lipinski definition) is 1. The largest absolute Gasteiger partial charge is 0.459 e. The van der Waals surface area contributed by atoms with Crippen molar-refractivity contribution in [2.45, 2.75) is 6.10 Å². The van der Waals surface area contributed by atoms with Crippen LogP contribution in [-0.4, -0.2) is 47.0 Å². The molecule has 0 radical (unpaired) electrons. The monoisotopic (exact) mass is 375 g/mol. The number of ether oxygens (including phenoxy) is 1. The van der Waals surface area contributed by atoms with Gasteiger partial charge < -0.3 is 9.84 Å². The van der Waals surface area contributed by atoms with Gasteiger partial charge in [0.05, 0.1) is 23.2 Å². The van der Waals surface area contributed by atoms with Crippen molar-refractivity contribution in [1.29, 1.82) is 0 Å². The first kappa shape index (κ1) is 17.9. The molecule has 3 aromatic rings. The van der Waals surface area contributed by atoms with Crippen molar-refractivity contribution in [3.05, 3.63) is 83.4 Å². The SMILES string of the molecule is O=C(OC[C@@H](O)CN1C(=O)c2ccccc2C1=O)c1ccc2ccccc2c1. The molecule has 0 aromatic heterocycles. The molecule has 4 rings (SSSR count). The van der Waals surface area contributed by atoms with Gasteiger partial charge in [0.2, 0.25) is 0 Å². The fourth-order valence-electron chi connectivity index (χ4n) is 3.24. The summed E-state index contributed by atoms with van der Waals surface area (Å²) in [6.07, 6.45) is -1.17. The maximum absolute atomic E-state index is 12.3. The molecule has 2 amide bonds. The molecular weight excluding hydrogens is 358 g/mol. The van der Waals surface area contributed by atoms with Crippen molar-refractivity contribution < 1.29 is 24.2 Å². The number of imide groups is 1. The predicted octanol–water partition coefficient (Wildman–Crippen LogP) is 2.65. The molecule has 140 valence electrons. The highest BCUT2D eigenvalue weighted by Crippen LogP contribution is 2.22. The van der Waals surface area contributed by atoms with E-state index >= 15 is 0 Å². The van der Waals surface area contributed by atoms with Crippen LogP contribution in [0.15, 0.2) is 66.7 Å². The van der Waals surface area contributed by atoms with Crippen LogP contribution in [0.2, 0.25) is 0 Å². The number of aliphatic hydroxyl groups excluding tert-OH is 1. The van der Waals surface area contributed by atoms with Crippen LogP contribution in [0.3, 0.4) is 0 Å². The van der Waals surface area contributed by atoms with E-state index in [-0.39, 0.29) is 13.2 Å². The summed E-state index contributed by atoms with van der Waals surface area (Å²) in [5.74, 6) is -1.49. The Balaban J connectivity index is 1.38. The molecule has 6 nitrogen and oxygen atoms in total. The summed E-state index contributed by atoms with van der Waals surface area (Å²) in [5.41, 5.74) is 0.993. The number of hydrogen-bond acceptors (Lipinski definition) is 5. The molecule has 1 heterocycles. The van der Waals surface area contributed by atoms with Crippen LogP contribution in [-0.2, 0) is 4.74 Å². The van der Waals surface area contributed by atoms with Crippen LogP contribution in [0.25, 0.3) is 10.8 Å². The molecule has 3 aromatic carbocycles. The molecule has 1 N–H and O–H groups in total. The minimum absolute atomic E-state index is 0.239. The molecule has 0 aliphatic carbocycles. The third-order valence-electron chi connectivity index (χ3n) is 4.66. The maximum atomic E-state index is 12.3. The zero-order valence-corrected chi connectivity index (χ0v) is 14.9. The number of amides is 2. The van der Waals surface area contributed by atoms with E-state index in [2.05, 4.69) is 0 Å². The van der Waals surface area contributed by atoms with Crippen molar-refractivity contribution in [2.75, 3.05) is 13.2 Å². The standard InChI is InChI=1S/C22H17NO5/c24-17(12-23-20(25)18-7-3-4-8-19(18)21(23)26)13-28-22(27)16-10-9-14-5-1-2-6-15(14)11-16/h1-11,17,24H,12-13H2/t17-/m0/s1. The Labute approximate surface area is 161 Å². The third-order valence-corrected chi connectivity index (χ3v) is 4.66. The second-order valence-corrected chi connectivity index (χ2v) is 6.58. The van der Waals surface area contributed by atoms with E-state index in [1.165, 1.54) is 0 Å². The lowest BCUT2D eigenvalue weighted by Gasteiger charge is -2.18. The smallest absolute Gasteiger partial charge is 0.338 e. The summed E-state index contributed by atoms with van der Waals surface area (Å²) < 4.78 is 5.16. The van der Waals surface area contributed by atoms with Crippen molar-refractivity contribution in [1.82, 2.24) is 4.90 Å². The zero-order chi connectivity index (χ0) is 19.7. The van der Waals surface area contributed by atoms with Gasteiger partial charge in [-0.1, -0.05) is 42.5 Å². The molecule has 0 bridgehead atoms. The number of nitrogens with zero attached hydrogens (tertiary/aromatic N) is 1. The van der Waals surface area contributed by atoms with E-state index in [0.717, 1.165) is 15.7 Å². The number of rotatable bonds is 5. The van der Waals surface area contributed by atoms with Gasteiger partial charge in [0, 0.05) is 0 Å². The normalized spacial score (nSPS) is 14.2. The molecular formula is C22H17NO5. The Morgan fingerprint density at radius 1 is 0.893 bits per heavy atom. The first-order chi connectivity index (χ1) is 13.5. The minimum Gasteiger partial charge on any atom is -0.459 e. The molecule has 1 atom stereocenters. The van der Waals surface area contributed by atoms with Crippen LogP contribution in [0.5, 0.6) is 0 Å². The average Bonchev–Trinajstić information content (AvgIpc) is 2.97. The van der Waals surface area contributed by atoms with Crippen LogP contribution in [0.1, 0.15) is 31.1 Å². The van der Waals surface area contributed by atoms with Crippen molar-refractivity contribution >= 4 is 28.6 Å². The summed E-state index contributed by atoms with van der Waals surface area (Å²) >= 11 is 0. The highest BCUT2D eigenvalue weighted by Gasteiger charge is 2.36. The minimum atomic E-state index is -1.17. The first-order valence-corrected chi connectivity index (χ1v) is 8.84. The lowest BCUT2D eigenvalue weighted by Crippen LogP contribution is -2.39. The molecule has 28 heavy (non-hydrogen) atoms. The Morgan fingerprint density at radius 2 is 1.50 bits per heavy atom. The van der Waals surface area contributed by atoms with Gasteiger partial charge in [-0.05, 0) is 35.0 Å². The second kappa shape index (κ2) is 7.25. The van der Waals surface area contributed by atoms with Crippen molar-refractivity contribution in [3.63, 3.8) is 0 Å². The Bertz CT molecular complexity index is 1060. The molecule has 0 saturated carbocycles. The molecule has 0 saturated heterocycles. The maximum Gasteiger partial charge on any atom is 0.338 e. The summed E-state index contributed by atoms with van der Waals surface area (Å²) in [5, 5.41) is 12.1. The number of aliphatic hydroxyl groups is 1. The molecule has 1 aliphatic rings. The second-order valence-electron chi connectivity index (χ2n) is 6.58. The quantitative estimate of drug-likeness (QED) is 0.548. The van der Waals surface area contributed by atoms with Gasteiger partial charge in [0.15, 0.2) is 0 Å². The van der Waals surface area contributed by atoms with E-state index in [4.69, 9.17) is 4.74 Å². The number of fused-ring (bicyclic) bond motifs is 2. The van der Waals surface area contributed by atoms with Crippen LogP contribution < -0.4 is 0 Å². The van der Waals surface area contributed by atoms with Crippen LogP contribution in [0.4, 0.5) is 0 Å². The lowest BCUT2D eigenvalue weighted by molar-refractivity contribution is 0.0170. The van der Waals surface area contributed by atoms with Crippen molar-refractivity contribution in [3.8, 4) is 0 Å². The van der Waals surface area contributed by atoms with Gasteiger partial charge in [0.1, 0.15) is 12.7 Å². The van der Waals surface area contributed by atoms with Gasteiger partial charge in [0.25, 0.3) is 11.8 Å². The van der Waals surface area contributed by atoms with E-state index in [9.17, 15) is 19.5 Å². The summed E-state index contributed by atoms with van der Waals surface area (Å²) in [7, 11) is 0. The summed E-state index contributed by atoms with van der Waals surface area (Å²) in [6, 6.07) is 19.3. The average molecular weight is 375 g/mol. The van der Waals surface area contributed by atoms with E-state index in [1.54, 1.807) is 36.4 Å². The van der Waals surface area contributed by atoms with Gasteiger partial charge in [-0.15, -0.1) is 0 Å². The van der Waals surface area contributed by atoms with Gasteiger partial charge in [-0.3, -0.25) is 14.5 Å². The Morgan fingerprint density at radius 3 is 2.18 bits per heavy atom. The molecule has 6 heteroatoms. The number of esters is 1. The summed E-state index contributed by atoms with van der Waals surface area (Å²) in [6.45, 7) is -0.559. The van der Waals surface area contributed by atoms with Crippen LogP contribution >= 0.6 is 0 Å². The van der Waals surface area contributed by atoms with E-state index in [1.807, 2.05) is 30.3 Å². The number of carbonyl (C=O) groups is 3. The lowest BCUT2D eigenvalue weighted by atomic mass is 10.1. The first-order valence-electron chi connectivity index (χ1n) is 8.84. The van der Waals surface area contributed by atoms with Gasteiger partial charge in [-0.2, -0.15) is 0 Å². The van der Waals surface area contributed by atoms with Gasteiger partial charge >= 0.3 is 5.97 Å². The predicted molar refractivity (Wildman–Crippen MR) is 102 cm³/mol. The fourth-order valence-corrected chi connectivity index (χ4v) is 3.24. The van der Waals surface area contributed by atoms with E-state index < -0.39 is 23.9 Å². The fraction of sp³-hybridized carbons (Fsp3) is 0.136. The Hall–Kier alpha value is -3.51. The van der Waals surface area contributed by atoms with Crippen molar-refractivity contribution in [2.24, 2.45) is 0 Å². The number of β-amino-alcohol motifs (C(OH)–C–C–N with tert-alkyl or cyclic N) is 1. The summed E-state index contributed by atoms with van der Waals surface area (Å²) in [4.78, 5) is 37.9. The highest BCUT2D eigenvalue weighted by atomic mass is 16.5.